The van der Waals surface area contributed by atoms with Crippen LogP contribution in [0.1, 0.15) is 33.1 Å². The van der Waals surface area contributed by atoms with Crippen LogP contribution in [0, 0.1) is 5.92 Å². The van der Waals surface area contributed by atoms with E-state index in [-0.39, 0.29) is 24.3 Å². The Labute approximate surface area is 166 Å². The number of anilines is 1. The molecule has 1 aliphatic carbocycles. The summed E-state index contributed by atoms with van der Waals surface area (Å²) in [5, 5.41) is 2.95. The molecule has 2 aliphatic rings. The molecule has 1 aromatic rings. The first kappa shape index (κ1) is 20.6. The van der Waals surface area contributed by atoms with E-state index in [2.05, 4.69) is 5.32 Å². The monoisotopic (exact) mass is 390 g/mol. The summed E-state index contributed by atoms with van der Waals surface area (Å²) in [6, 6.07) is 7.06. The van der Waals surface area contributed by atoms with Crippen LogP contribution >= 0.6 is 0 Å². The van der Waals surface area contributed by atoms with Crippen molar-refractivity contribution in [2.75, 3.05) is 44.8 Å². The van der Waals surface area contributed by atoms with Crippen molar-refractivity contribution in [2.45, 2.75) is 38.7 Å². The zero-order valence-electron chi connectivity index (χ0n) is 16.7. The molecule has 1 saturated heterocycles. The van der Waals surface area contributed by atoms with Crippen molar-refractivity contribution in [3.05, 3.63) is 24.3 Å². The molecule has 2 fully saturated rings. The maximum Gasteiger partial charge on any atom is 0.260 e. The quantitative estimate of drug-likeness (QED) is 0.701. The van der Waals surface area contributed by atoms with Crippen LogP contribution in [0.2, 0.25) is 0 Å². The zero-order chi connectivity index (χ0) is 20.0. The fourth-order valence-electron chi connectivity index (χ4n) is 3.26. The van der Waals surface area contributed by atoms with Gasteiger partial charge in [-0.05, 0) is 56.4 Å². The highest BCUT2D eigenvalue weighted by Gasteiger charge is 2.48. The molecule has 1 aliphatic heterocycles. The van der Waals surface area contributed by atoms with E-state index < -0.39 is 5.60 Å². The second-order valence-corrected chi connectivity index (χ2v) is 7.49. The molecule has 1 atom stereocenters. The maximum atomic E-state index is 12.8. The SMILES string of the molecule is CCCO[C@@](C)(C(=O)Nc1ccc(OCC(=O)N2CCOCC2)cc1)C1CC1. The number of hydrogen-bond acceptors (Lipinski definition) is 5. The molecule has 7 nitrogen and oxygen atoms in total. The van der Waals surface area contributed by atoms with E-state index in [4.69, 9.17) is 14.2 Å². The molecule has 1 N–H and O–H groups in total. The molecule has 0 radical (unpaired) electrons. The van der Waals surface area contributed by atoms with Crippen LogP contribution in [0.3, 0.4) is 0 Å². The number of nitrogens with zero attached hydrogens (tertiary/aromatic N) is 1. The number of ether oxygens (including phenoxy) is 3. The normalized spacial score (nSPS) is 19.0. The Morgan fingerprint density at radius 3 is 2.50 bits per heavy atom. The van der Waals surface area contributed by atoms with Gasteiger partial charge in [0.15, 0.2) is 6.61 Å². The van der Waals surface area contributed by atoms with Crippen LogP contribution < -0.4 is 10.1 Å². The number of amides is 2. The molecular weight excluding hydrogens is 360 g/mol. The van der Waals surface area contributed by atoms with Gasteiger partial charge in [-0.15, -0.1) is 0 Å². The Morgan fingerprint density at radius 2 is 1.89 bits per heavy atom. The molecule has 2 amide bonds. The molecule has 0 aromatic heterocycles. The van der Waals surface area contributed by atoms with Gasteiger partial charge in [0, 0.05) is 25.4 Å². The molecule has 0 spiro atoms. The molecule has 1 heterocycles. The average Bonchev–Trinajstić information content (AvgIpc) is 3.57. The van der Waals surface area contributed by atoms with Crippen LogP contribution in [0.15, 0.2) is 24.3 Å². The summed E-state index contributed by atoms with van der Waals surface area (Å²) in [5.41, 5.74) is -0.0979. The lowest BCUT2D eigenvalue weighted by Crippen LogP contribution is -2.45. The first-order valence-electron chi connectivity index (χ1n) is 10.1. The standard InChI is InChI=1S/C21H30N2O5/c1-3-12-28-21(2,16-4-5-16)20(25)22-17-6-8-18(9-7-17)27-15-19(24)23-10-13-26-14-11-23/h6-9,16H,3-5,10-15H2,1-2H3,(H,22,25)/t21-/m1/s1. The number of hydrogen-bond donors (Lipinski definition) is 1. The van der Waals surface area contributed by atoms with Crippen molar-refractivity contribution < 1.29 is 23.8 Å². The van der Waals surface area contributed by atoms with Crippen LogP contribution in [0.5, 0.6) is 5.75 Å². The van der Waals surface area contributed by atoms with Crippen LogP contribution in [-0.2, 0) is 19.1 Å². The van der Waals surface area contributed by atoms with Crippen LogP contribution in [0.25, 0.3) is 0 Å². The molecule has 1 saturated carbocycles. The van der Waals surface area contributed by atoms with Crippen molar-refractivity contribution in [3.63, 3.8) is 0 Å². The van der Waals surface area contributed by atoms with E-state index in [0.29, 0.717) is 44.3 Å². The number of carbonyl (C=O) groups excluding carboxylic acids is 2. The lowest BCUT2D eigenvalue weighted by molar-refractivity contribution is -0.142. The predicted octanol–water partition coefficient (Wildman–Crippen LogP) is 2.46. The predicted molar refractivity (Wildman–Crippen MR) is 105 cm³/mol. The molecule has 154 valence electrons. The number of carbonyl (C=O) groups is 2. The van der Waals surface area contributed by atoms with Gasteiger partial charge < -0.3 is 24.4 Å². The number of morpholine rings is 1. The first-order chi connectivity index (χ1) is 13.5. The van der Waals surface area contributed by atoms with Crippen molar-refractivity contribution in [3.8, 4) is 5.75 Å². The summed E-state index contributed by atoms with van der Waals surface area (Å²) in [4.78, 5) is 26.6. The molecular formula is C21H30N2O5. The fraction of sp³-hybridized carbons (Fsp3) is 0.619. The van der Waals surface area contributed by atoms with Gasteiger partial charge in [-0.25, -0.2) is 0 Å². The van der Waals surface area contributed by atoms with Crippen molar-refractivity contribution in [2.24, 2.45) is 5.92 Å². The molecule has 0 bridgehead atoms. The van der Waals surface area contributed by atoms with E-state index in [1.165, 1.54) is 0 Å². The zero-order valence-corrected chi connectivity index (χ0v) is 16.7. The highest BCUT2D eigenvalue weighted by Crippen LogP contribution is 2.42. The van der Waals surface area contributed by atoms with Gasteiger partial charge >= 0.3 is 0 Å². The Bertz CT molecular complexity index is 668. The Kier molecular flexibility index (Phi) is 6.91. The molecule has 28 heavy (non-hydrogen) atoms. The Morgan fingerprint density at radius 1 is 1.21 bits per heavy atom. The van der Waals surface area contributed by atoms with Crippen LogP contribution in [-0.4, -0.2) is 61.8 Å². The van der Waals surface area contributed by atoms with Gasteiger partial charge in [-0.3, -0.25) is 9.59 Å². The minimum Gasteiger partial charge on any atom is -0.484 e. The van der Waals surface area contributed by atoms with Crippen molar-refractivity contribution in [1.82, 2.24) is 4.90 Å². The average molecular weight is 390 g/mol. The van der Waals surface area contributed by atoms with Gasteiger partial charge in [0.1, 0.15) is 11.4 Å². The lowest BCUT2D eigenvalue weighted by atomic mass is 9.98. The van der Waals surface area contributed by atoms with E-state index in [1.807, 2.05) is 13.8 Å². The largest absolute Gasteiger partial charge is 0.484 e. The van der Waals surface area contributed by atoms with E-state index in [9.17, 15) is 9.59 Å². The molecule has 7 heteroatoms. The van der Waals surface area contributed by atoms with Gasteiger partial charge in [0.25, 0.3) is 11.8 Å². The summed E-state index contributed by atoms with van der Waals surface area (Å²) in [6.45, 7) is 6.84. The van der Waals surface area contributed by atoms with Crippen LogP contribution in [0.4, 0.5) is 5.69 Å². The summed E-state index contributed by atoms with van der Waals surface area (Å²) in [5.74, 6) is 0.716. The van der Waals surface area contributed by atoms with Gasteiger partial charge in [-0.2, -0.15) is 0 Å². The third kappa shape index (κ3) is 5.23. The second-order valence-electron chi connectivity index (χ2n) is 7.49. The third-order valence-electron chi connectivity index (χ3n) is 5.25. The summed E-state index contributed by atoms with van der Waals surface area (Å²) >= 11 is 0. The fourth-order valence-corrected chi connectivity index (χ4v) is 3.26. The first-order valence-corrected chi connectivity index (χ1v) is 10.1. The summed E-state index contributed by atoms with van der Waals surface area (Å²) in [7, 11) is 0. The minimum absolute atomic E-state index is 0.00366. The minimum atomic E-state index is -0.782. The van der Waals surface area contributed by atoms with E-state index in [1.54, 1.807) is 29.2 Å². The highest BCUT2D eigenvalue weighted by molar-refractivity contribution is 5.97. The molecule has 0 unspecified atom stereocenters. The topological polar surface area (TPSA) is 77.1 Å². The summed E-state index contributed by atoms with van der Waals surface area (Å²) in [6.07, 6.45) is 2.93. The maximum absolute atomic E-state index is 12.8. The molecule has 1 aromatic carbocycles. The van der Waals surface area contributed by atoms with Crippen molar-refractivity contribution in [1.29, 1.82) is 0 Å². The third-order valence-corrected chi connectivity index (χ3v) is 5.25. The second kappa shape index (κ2) is 9.39. The Balaban J connectivity index is 1.50. The van der Waals surface area contributed by atoms with E-state index >= 15 is 0 Å². The van der Waals surface area contributed by atoms with Gasteiger partial charge in [0.2, 0.25) is 0 Å². The summed E-state index contributed by atoms with van der Waals surface area (Å²) < 4.78 is 16.7. The highest BCUT2D eigenvalue weighted by atomic mass is 16.5. The van der Waals surface area contributed by atoms with Gasteiger partial charge in [0.05, 0.1) is 13.2 Å². The number of nitrogens with one attached hydrogen (secondary N) is 1. The molecule has 3 rings (SSSR count). The lowest BCUT2D eigenvalue weighted by Gasteiger charge is -2.28. The number of benzene rings is 1. The van der Waals surface area contributed by atoms with E-state index in [0.717, 1.165) is 19.3 Å². The smallest absolute Gasteiger partial charge is 0.260 e. The Hall–Kier alpha value is -2.12. The van der Waals surface area contributed by atoms with Crippen molar-refractivity contribution >= 4 is 17.5 Å². The number of rotatable bonds is 9. The van der Waals surface area contributed by atoms with Gasteiger partial charge in [-0.1, -0.05) is 6.92 Å².